The van der Waals surface area contributed by atoms with Crippen LogP contribution < -0.4 is 0 Å². The number of fused-ring (bicyclic) bond motifs is 2. The van der Waals surface area contributed by atoms with E-state index in [0.717, 1.165) is 0 Å². The van der Waals surface area contributed by atoms with Crippen molar-refractivity contribution in [1.29, 1.82) is 0 Å². The molecule has 9 heavy (non-hydrogen) atoms. The van der Waals surface area contributed by atoms with Crippen LogP contribution in [0.25, 0.3) is 0 Å². The van der Waals surface area contributed by atoms with Gasteiger partial charge in [0.05, 0.1) is 0 Å². The standard InChI is InChI=1S/C4H8N2O2S/c7-9(8)5-1-2-6(9)4-3-5/h1-4H2. The zero-order valence-electron chi connectivity index (χ0n) is 4.95. The maximum atomic E-state index is 11.0. The largest absolute Gasteiger partial charge is 0.282 e. The third-order valence-electron chi connectivity index (χ3n) is 1.85. The Bertz CT molecular complexity index is 197. The van der Waals surface area contributed by atoms with Gasteiger partial charge in [-0.05, 0) is 0 Å². The molecule has 0 unspecified atom stereocenters. The summed E-state index contributed by atoms with van der Waals surface area (Å²) in [6.07, 6.45) is 0. The fourth-order valence-corrected chi connectivity index (χ4v) is 2.87. The van der Waals surface area contributed by atoms with Crippen LogP contribution in [0.15, 0.2) is 0 Å². The van der Waals surface area contributed by atoms with E-state index in [1.54, 1.807) is 0 Å². The minimum absolute atomic E-state index is 0.697. The summed E-state index contributed by atoms with van der Waals surface area (Å²) in [4.78, 5) is 0. The summed E-state index contributed by atoms with van der Waals surface area (Å²) in [6.45, 7) is 2.79. The van der Waals surface area contributed by atoms with Gasteiger partial charge in [-0.15, -0.1) is 0 Å². The van der Waals surface area contributed by atoms with Crippen LogP contribution >= 0.6 is 0 Å². The first kappa shape index (κ1) is 5.64. The molecule has 0 amide bonds. The van der Waals surface area contributed by atoms with Crippen LogP contribution in [0.4, 0.5) is 0 Å². The van der Waals surface area contributed by atoms with Crippen molar-refractivity contribution in [2.24, 2.45) is 0 Å². The van der Waals surface area contributed by atoms with E-state index in [4.69, 9.17) is 0 Å². The fourth-order valence-electron chi connectivity index (χ4n) is 1.29. The molecule has 0 aliphatic carbocycles. The first-order valence-electron chi connectivity index (χ1n) is 2.96. The molecule has 2 aliphatic heterocycles. The first-order valence-corrected chi connectivity index (χ1v) is 4.36. The normalized spacial score (nSPS) is 45.8. The maximum absolute atomic E-state index is 11.0. The molecular formula is C4H8N2O2S. The number of hydrogen-bond acceptors (Lipinski definition) is 2. The summed E-state index contributed by atoms with van der Waals surface area (Å²) < 4.78 is 25.1. The zero-order valence-corrected chi connectivity index (χ0v) is 5.76. The van der Waals surface area contributed by atoms with Gasteiger partial charge >= 0.3 is 0 Å². The number of nitrogens with zero attached hydrogens (tertiary/aromatic N) is 2. The first-order chi connectivity index (χ1) is 4.21. The second kappa shape index (κ2) is 1.47. The van der Waals surface area contributed by atoms with Gasteiger partial charge in [-0.1, -0.05) is 0 Å². The Kier molecular flexibility index (Phi) is 0.924. The molecule has 4 nitrogen and oxygen atoms in total. The Morgan fingerprint density at radius 1 is 0.889 bits per heavy atom. The third kappa shape index (κ3) is 0.567. The summed E-state index contributed by atoms with van der Waals surface area (Å²) in [6, 6.07) is 0. The van der Waals surface area contributed by atoms with Crippen molar-refractivity contribution < 1.29 is 8.42 Å². The summed E-state index contributed by atoms with van der Waals surface area (Å²) >= 11 is 0. The molecule has 2 heterocycles. The topological polar surface area (TPSA) is 40.6 Å². The number of hydrogen-bond donors (Lipinski definition) is 0. The lowest BCUT2D eigenvalue weighted by atomic mass is 10.4. The van der Waals surface area contributed by atoms with Gasteiger partial charge in [0.1, 0.15) is 0 Å². The lowest BCUT2D eigenvalue weighted by molar-refractivity contribution is 0.382. The van der Waals surface area contributed by atoms with Crippen LogP contribution in [0.5, 0.6) is 0 Å². The van der Waals surface area contributed by atoms with Crippen LogP contribution in [-0.2, 0) is 10.2 Å². The molecule has 2 rings (SSSR count). The van der Waals surface area contributed by atoms with Crippen LogP contribution in [-0.4, -0.2) is 43.2 Å². The van der Waals surface area contributed by atoms with Gasteiger partial charge in [0, 0.05) is 26.2 Å². The maximum Gasteiger partial charge on any atom is 0.282 e. The molecule has 0 aromatic heterocycles. The average molecular weight is 148 g/mol. The van der Waals surface area contributed by atoms with E-state index < -0.39 is 10.2 Å². The van der Waals surface area contributed by atoms with Crippen molar-refractivity contribution in [2.45, 2.75) is 0 Å². The molecule has 0 N–H and O–H groups in total. The lowest BCUT2D eigenvalue weighted by Crippen LogP contribution is -2.24. The van der Waals surface area contributed by atoms with E-state index in [9.17, 15) is 8.42 Å². The van der Waals surface area contributed by atoms with Gasteiger partial charge in [0.25, 0.3) is 10.2 Å². The second-order valence-electron chi connectivity index (χ2n) is 2.31. The van der Waals surface area contributed by atoms with Gasteiger partial charge in [-0.3, -0.25) is 0 Å². The van der Waals surface area contributed by atoms with Crippen molar-refractivity contribution in [3.8, 4) is 0 Å². The second-order valence-corrected chi connectivity index (χ2v) is 4.23. The van der Waals surface area contributed by atoms with Crippen LogP contribution in [0.3, 0.4) is 0 Å². The van der Waals surface area contributed by atoms with E-state index in [-0.39, 0.29) is 0 Å². The molecule has 2 aliphatic rings. The van der Waals surface area contributed by atoms with Crippen molar-refractivity contribution in [3.63, 3.8) is 0 Å². The fraction of sp³-hybridized carbons (Fsp3) is 1.00. The molecule has 52 valence electrons. The van der Waals surface area contributed by atoms with Crippen LogP contribution in [0.1, 0.15) is 0 Å². The molecule has 0 spiro atoms. The highest BCUT2D eigenvalue weighted by Gasteiger charge is 2.41. The molecule has 2 bridgehead atoms. The highest BCUT2D eigenvalue weighted by atomic mass is 32.2. The Balaban J connectivity index is 2.49. The predicted octanol–water partition coefficient (Wildman–Crippen LogP) is -1.14. The minimum Gasteiger partial charge on any atom is -0.195 e. The zero-order chi connectivity index (χ0) is 6.48. The smallest absolute Gasteiger partial charge is 0.195 e. The van der Waals surface area contributed by atoms with Gasteiger partial charge in [-0.25, -0.2) is 0 Å². The van der Waals surface area contributed by atoms with Crippen molar-refractivity contribution >= 4 is 10.2 Å². The van der Waals surface area contributed by atoms with Crippen molar-refractivity contribution in [2.75, 3.05) is 26.2 Å². The molecule has 2 fully saturated rings. The van der Waals surface area contributed by atoms with Crippen molar-refractivity contribution in [3.05, 3.63) is 0 Å². The van der Waals surface area contributed by atoms with E-state index in [1.165, 1.54) is 8.61 Å². The predicted molar refractivity (Wildman–Crippen MR) is 32.1 cm³/mol. The highest BCUT2D eigenvalue weighted by Crippen LogP contribution is 2.21. The number of rotatable bonds is 0. The van der Waals surface area contributed by atoms with Crippen LogP contribution in [0, 0.1) is 0 Å². The summed E-state index contributed by atoms with van der Waals surface area (Å²) in [5, 5.41) is 0. The lowest BCUT2D eigenvalue weighted by Gasteiger charge is -2.05. The molecule has 2 saturated heterocycles. The van der Waals surface area contributed by atoms with Gasteiger partial charge in [0.2, 0.25) is 0 Å². The summed E-state index contributed by atoms with van der Waals surface area (Å²) in [5.41, 5.74) is 0. The molecule has 0 aromatic carbocycles. The quantitative estimate of drug-likeness (QED) is 0.436. The van der Waals surface area contributed by atoms with E-state index >= 15 is 0 Å². The Morgan fingerprint density at radius 2 is 1.22 bits per heavy atom. The Morgan fingerprint density at radius 3 is 1.33 bits per heavy atom. The molecular weight excluding hydrogens is 140 g/mol. The molecule has 5 heteroatoms. The summed E-state index contributed by atoms with van der Waals surface area (Å²) in [7, 11) is -2.93. The molecule has 0 radical (unpaired) electrons. The van der Waals surface area contributed by atoms with E-state index in [1.807, 2.05) is 0 Å². The van der Waals surface area contributed by atoms with Crippen molar-refractivity contribution in [1.82, 2.24) is 8.61 Å². The molecule has 0 atom stereocenters. The molecule has 0 saturated carbocycles. The van der Waals surface area contributed by atoms with E-state index in [2.05, 4.69) is 0 Å². The highest BCUT2D eigenvalue weighted by molar-refractivity contribution is 7.87. The number of piperazine rings is 1. The SMILES string of the molecule is O=S1(=O)N2CCN1CC2. The average Bonchev–Trinajstić information content (AvgIpc) is 2.24. The van der Waals surface area contributed by atoms with Crippen LogP contribution in [0.2, 0.25) is 0 Å². The van der Waals surface area contributed by atoms with Gasteiger partial charge < -0.3 is 0 Å². The van der Waals surface area contributed by atoms with Gasteiger partial charge in [0.15, 0.2) is 0 Å². The van der Waals surface area contributed by atoms with Gasteiger partial charge in [-0.2, -0.15) is 17.0 Å². The molecule has 0 aromatic rings. The minimum atomic E-state index is -2.93. The summed E-state index contributed by atoms with van der Waals surface area (Å²) in [5.74, 6) is 0. The Hall–Kier alpha value is -0.130. The Labute approximate surface area is 54.2 Å². The third-order valence-corrected chi connectivity index (χ3v) is 3.89. The van der Waals surface area contributed by atoms with E-state index in [0.29, 0.717) is 26.2 Å². The monoisotopic (exact) mass is 148 g/mol.